The lowest BCUT2D eigenvalue weighted by atomic mass is 9.47. The normalized spacial score (nSPS) is 56.5. The van der Waals surface area contributed by atoms with Crippen LogP contribution in [0, 0.1) is 40.4 Å². The minimum absolute atomic E-state index is 0.0581. The van der Waals surface area contributed by atoms with Crippen molar-refractivity contribution >= 4 is 0 Å². The van der Waals surface area contributed by atoms with E-state index < -0.39 is 117 Å². The van der Waals surface area contributed by atoms with Gasteiger partial charge in [-0.05, 0) is 98.4 Å². The molecular weight excluding hydrogens is 812 g/mol. The van der Waals surface area contributed by atoms with Crippen LogP contribution in [0.2, 0.25) is 0 Å². The summed E-state index contributed by atoms with van der Waals surface area (Å²) in [6, 6.07) is 0. The van der Waals surface area contributed by atoms with Gasteiger partial charge in [0.15, 0.2) is 24.7 Å². The Labute approximate surface area is 362 Å². The molecule has 1 spiro atoms. The molecule has 9 rings (SSSR count). The maximum Gasteiger partial charge on any atom is 0.191 e. The van der Waals surface area contributed by atoms with E-state index in [0.717, 1.165) is 50.5 Å². The van der Waals surface area contributed by atoms with Gasteiger partial charge in [-0.15, -0.1) is 0 Å². The van der Waals surface area contributed by atoms with Gasteiger partial charge in [0.05, 0.1) is 38.1 Å². The number of hydrogen-bond donors (Lipinski definition) is 9. The van der Waals surface area contributed by atoms with Crippen molar-refractivity contribution in [1.82, 2.24) is 0 Å². The lowest BCUT2D eigenvalue weighted by molar-refractivity contribution is -0.389. The first-order valence-electron chi connectivity index (χ1n) is 23.1. The van der Waals surface area contributed by atoms with E-state index in [9.17, 15) is 46.0 Å². The third-order valence-electron chi connectivity index (χ3n) is 17.2. The third kappa shape index (κ3) is 7.41. The van der Waals surface area contributed by atoms with Crippen LogP contribution in [-0.4, -0.2) is 176 Å². The molecular formula is C45H70O17. The van der Waals surface area contributed by atoms with Crippen molar-refractivity contribution < 1.29 is 83.9 Å². The Hall–Kier alpha value is -1.20. The molecule has 3 saturated carbocycles. The molecule has 0 aromatic rings. The first-order valence-corrected chi connectivity index (χ1v) is 23.1. The monoisotopic (exact) mass is 882 g/mol. The summed E-state index contributed by atoms with van der Waals surface area (Å²) in [5, 5.41) is 95.7. The largest absolute Gasteiger partial charge is 0.394 e. The van der Waals surface area contributed by atoms with Crippen LogP contribution in [0.25, 0.3) is 0 Å². The molecule has 0 bridgehead atoms. The lowest BCUT2D eigenvalue weighted by Crippen LogP contribution is -2.67. The first kappa shape index (κ1) is 45.9. The molecule has 0 radical (unpaired) electrons. The van der Waals surface area contributed by atoms with Gasteiger partial charge in [-0.2, -0.15) is 0 Å². The van der Waals surface area contributed by atoms with Crippen LogP contribution in [0.1, 0.15) is 85.5 Å². The molecule has 62 heavy (non-hydrogen) atoms. The van der Waals surface area contributed by atoms with Crippen LogP contribution in [-0.2, 0) is 37.9 Å². The molecule has 1 unspecified atom stereocenters. The second-order valence-corrected chi connectivity index (χ2v) is 20.7. The van der Waals surface area contributed by atoms with Gasteiger partial charge in [-0.3, -0.25) is 0 Å². The molecule has 0 aromatic heterocycles. The fourth-order valence-electron chi connectivity index (χ4n) is 13.5. The molecule has 4 aliphatic carbocycles. The molecule has 5 aliphatic heterocycles. The summed E-state index contributed by atoms with van der Waals surface area (Å²) in [5.41, 5.74) is 2.49. The Morgan fingerprint density at radius 1 is 0.710 bits per heavy atom. The number of fused-ring (bicyclic) bond motifs is 7. The zero-order valence-corrected chi connectivity index (χ0v) is 36.3. The second kappa shape index (κ2) is 17.1. The zero-order chi connectivity index (χ0) is 44.2. The summed E-state index contributed by atoms with van der Waals surface area (Å²) >= 11 is 0. The van der Waals surface area contributed by atoms with E-state index in [0.29, 0.717) is 43.1 Å². The molecule has 9 N–H and O–H groups in total. The average Bonchev–Trinajstić information content (AvgIpc) is 3.70. The summed E-state index contributed by atoms with van der Waals surface area (Å²) in [6.07, 6.45) is -12.6. The standard InChI is InChI=1S/C45H70O17/c1-19-8-13-45(55-18-19)20(2)30-27(62-45)15-26-24-7-6-22-14-23(9-11-43(22,4)25(24)10-12-44(26,30)5)57-42-39(61-40-35(52)33(50)31(48)21(3)56-40)37(54)38(29(17-47)59-42)60-41-36(53)34(51)32(49)28(16-46)58-41/h6,19,21,23-42,46-54H,2,7-18H2,1,3-5H3/t19?,21-,23-,24+,25-,26-,27-,28+,29+,30-,31-,32+,33+,34-,35+,36+,37-,38+,39+,40-,41-,42+,43-,44-,45+/m0/s1. The Morgan fingerprint density at radius 3 is 2.08 bits per heavy atom. The molecule has 9 aliphatic rings. The smallest absolute Gasteiger partial charge is 0.191 e. The topological polar surface area (TPSA) is 256 Å². The maximum atomic E-state index is 12.0. The van der Waals surface area contributed by atoms with Crippen molar-refractivity contribution in [2.24, 2.45) is 40.4 Å². The zero-order valence-electron chi connectivity index (χ0n) is 36.3. The van der Waals surface area contributed by atoms with Gasteiger partial charge in [-0.1, -0.05) is 39.0 Å². The van der Waals surface area contributed by atoms with Crippen LogP contribution < -0.4 is 0 Å². The van der Waals surface area contributed by atoms with E-state index in [4.69, 9.17) is 37.9 Å². The summed E-state index contributed by atoms with van der Waals surface area (Å²) in [4.78, 5) is 0. The van der Waals surface area contributed by atoms with Crippen molar-refractivity contribution in [2.75, 3.05) is 19.8 Å². The van der Waals surface area contributed by atoms with Gasteiger partial charge in [-0.25, -0.2) is 0 Å². The highest BCUT2D eigenvalue weighted by Gasteiger charge is 2.68. The predicted molar refractivity (Wildman–Crippen MR) is 214 cm³/mol. The van der Waals surface area contributed by atoms with Crippen LogP contribution >= 0.6 is 0 Å². The molecule has 352 valence electrons. The minimum Gasteiger partial charge on any atom is -0.394 e. The predicted octanol–water partition coefficient (Wildman–Crippen LogP) is 0.134. The second-order valence-electron chi connectivity index (χ2n) is 20.7. The summed E-state index contributed by atoms with van der Waals surface area (Å²) in [6.45, 7) is 12.5. The van der Waals surface area contributed by atoms with Gasteiger partial charge >= 0.3 is 0 Å². The van der Waals surface area contributed by atoms with E-state index in [2.05, 4.69) is 33.4 Å². The number of allylic oxidation sites excluding steroid dienone is 1. The van der Waals surface area contributed by atoms with Crippen molar-refractivity contribution in [3.8, 4) is 0 Å². The number of aliphatic hydroxyl groups excluding tert-OH is 9. The number of ether oxygens (including phenoxy) is 8. The van der Waals surface area contributed by atoms with Crippen LogP contribution in [0.5, 0.6) is 0 Å². The van der Waals surface area contributed by atoms with Gasteiger partial charge < -0.3 is 83.9 Å². The molecule has 8 fully saturated rings. The van der Waals surface area contributed by atoms with E-state index in [1.54, 1.807) is 0 Å². The quantitative estimate of drug-likeness (QED) is 0.147. The molecule has 5 saturated heterocycles. The van der Waals surface area contributed by atoms with Crippen molar-refractivity contribution in [2.45, 2.75) is 196 Å². The van der Waals surface area contributed by atoms with Crippen LogP contribution in [0.3, 0.4) is 0 Å². The maximum absolute atomic E-state index is 12.0. The van der Waals surface area contributed by atoms with Crippen molar-refractivity contribution in [3.63, 3.8) is 0 Å². The summed E-state index contributed by atoms with van der Waals surface area (Å²) < 4.78 is 49.7. The molecule has 17 heteroatoms. The van der Waals surface area contributed by atoms with Gasteiger partial charge in [0.25, 0.3) is 0 Å². The van der Waals surface area contributed by atoms with Gasteiger partial charge in [0.2, 0.25) is 0 Å². The number of rotatable bonds is 8. The van der Waals surface area contributed by atoms with E-state index in [1.165, 1.54) is 12.5 Å². The fourth-order valence-corrected chi connectivity index (χ4v) is 13.5. The fraction of sp³-hybridized carbons (Fsp3) is 0.911. The highest BCUT2D eigenvalue weighted by molar-refractivity contribution is 5.31. The first-order chi connectivity index (χ1) is 29.4. The highest BCUT2D eigenvalue weighted by atomic mass is 16.8. The van der Waals surface area contributed by atoms with Crippen molar-refractivity contribution in [3.05, 3.63) is 23.8 Å². The van der Waals surface area contributed by atoms with Crippen molar-refractivity contribution in [1.29, 1.82) is 0 Å². The minimum atomic E-state index is -1.82. The molecule has 0 aromatic carbocycles. The lowest BCUT2D eigenvalue weighted by Gasteiger charge is -2.58. The number of hydrogen-bond acceptors (Lipinski definition) is 17. The molecule has 17 nitrogen and oxygen atoms in total. The Kier molecular flexibility index (Phi) is 12.7. The van der Waals surface area contributed by atoms with Crippen LogP contribution in [0.15, 0.2) is 23.8 Å². The van der Waals surface area contributed by atoms with E-state index in [1.807, 2.05) is 0 Å². The van der Waals surface area contributed by atoms with E-state index in [-0.39, 0.29) is 22.9 Å². The molecule has 25 atom stereocenters. The van der Waals surface area contributed by atoms with Gasteiger partial charge in [0.1, 0.15) is 67.1 Å². The average molecular weight is 883 g/mol. The summed E-state index contributed by atoms with van der Waals surface area (Å²) in [7, 11) is 0. The van der Waals surface area contributed by atoms with Gasteiger partial charge in [0, 0.05) is 12.3 Å². The van der Waals surface area contributed by atoms with E-state index >= 15 is 0 Å². The Balaban J connectivity index is 0.919. The highest BCUT2D eigenvalue weighted by Crippen LogP contribution is 2.70. The SMILES string of the molecule is C=C1[C@H]2[C@H](C[C@H]3[C@@H]4CC=C5C[C@@H](O[C@@H]6O[C@H](CO)[C@@H](O[C@@H]7O[C@H](CO)[C@@H](O)[C@H](O)[C@H]7O)[C@H](O)[C@H]6O[C@@H]6O[C@@H](C)[C@H](O)[C@@H](O)[C@H]6O)CC[C@]5(C)[C@H]4CC[C@@]32C)O[C@]12CCC(C)CO2. The Bertz CT molecular complexity index is 1650. The third-order valence-corrected chi connectivity index (χ3v) is 17.2. The number of aliphatic hydroxyl groups is 9. The molecule has 5 heterocycles. The molecule has 0 amide bonds. The Morgan fingerprint density at radius 2 is 1.39 bits per heavy atom. The van der Waals surface area contributed by atoms with Crippen LogP contribution in [0.4, 0.5) is 0 Å². The summed E-state index contributed by atoms with van der Waals surface area (Å²) in [5.74, 6) is 1.65.